The van der Waals surface area contributed by atoms with Crippen LogP contribution in [-0.2, 0) is 6.54 Å². The van der Waals surface area contributed by atoms with Crippen molar-refractivity contribution >= 4 is 27.3 Å². The molecular formula is C19H14N6O2S. The first kappa shape index (κ1) is 15.6. The van der Waals surface area contributed by atoms with E-state index in [1.165, 1.54) is 11.3 Å². The monoisotopic (exact) mass is 390 g/mol. The van der Waals surface area contributed by atoms with Crippen molar-refractivity contribution in [1.82, 2.24) is 29.4 Å². The average Bonchev–Trinajstić information content (AvgIpc) is 3.44. The number of hydrogen-bond donors (Lipinski definition) is 0. The summed E-state index contributed by atoms with van der Waals surface area (Å²) in [4.78, 5) is 5.16. The van der Waals surface area contributed by atoms with Crippen LogP contribution in [-0.4, -0.2) is 36.0 Å². The second-order valence-electron chi connectivity index (χ2n) is 6.48. The van der Waals surface area contributed by atoms with Gasteiger partial charge in [-0.15, -0.1) is 10.2 Å². The van der Waals surface area contributed by atoms with Crippen LogP contribution < -0.4 is 9.47 Å². The molecule has 4 heterocycles. The first-order valence-electron chi connectivity index (χ1n) is 8.84. The Hall–Kier alpha value is -3.46. The van der Waals surface area contributed by atoms with Gasteiger partial charge in [0.1, 0.15) is 6.61 Å². The normalized spacial score (nSPS) is 16.1. The molecule has 1 aliphatic rings. The Bertz CT molecular complexity index is 1310. The molecule has 6 rings (SSSR count). The van der Waals surface area contributed by atoms with E-state index in [1.54, 1.807) is 4.52 Å². The highest BCUT2D eigenvalue weighted by atomic mass is 32.1. The van der Waals surface area contributed by atoms with Crippen LogP contribution in [0.1, 0.15) is 16.9 Å². The van der Waals surface area contributed by atoms with Crippen LogP contribution in [0.3, 0.4) is 0 Å². The van der Waals surface area contributed by atoms with Gasteiger partial charge in [-0.05, 0) is 24.3 Å². The van der Waals surface area contributed by atoms with Gasteiger partial charge in [0.05, 0.1) is 23.9 Å². The van der Waals surface area contributed by atoms with Crippen LogP contribution in [0.4, 0.5) is 0 Å². The summed E-state index contributed by atoms with van der Waals surface area (Å²) in [5, 5.41) is 14.1. The molecular weight excluding hydrogens is 376 g/mol. The highest BCUT2D eigenvalue weighted by molar-refractivity contribution is 7.16. The quantitative estimate of drug-likeness (QED) is 0.471. The average molecular weight is 390 g/mol. The van der Waals surface area contributed by atoms with Crippen molar-refractivity contribution in [3.8, 4) is 11.5 Å². The second kappa shape index (κ2) is 6.03. The van der Waals surface area contributed by atoms with Gasteiger partial charge in [-0.1, -0.05) is 35.6 Å². The van der Waals surface area contributed by atoms with Crippen molar-refractivity contribution in [1.29, 1.82) is 0 Å². The number of hydrogen-bond acceptors (Lipinski definition) is 7. The van der Waals surface area contributed by atoms with Crippen molar-refractivity contribution in [3.63, 3.8) is 0 Å². The zero-order valence-corrected chi connectivity index (χ0v) is 15.4. The lowest BCUT2D eigenvalue weighted by Gasteiger charge is -2.24. The number of ether oxygens (including phenoxy) is 2. The molecule has 2 aromatic carbocycles. The number of para-hydroxylation sites is 4. The van der Waals surface area contributed by atoms with Crippen LogP contribution in [0.25, 0.3) is 16.0 Å². The summed E-state index contributed by atoms with van der Waals surface area (Å²) in [6, 6.07) is 15.7. The van der Waals surface area contributed by atoms with Crippen molar-refractivity contribution in [2.24, 2.45) is 0 Å². The van der Waals surface area contributed by atoms with Crippen molar-refractivity contribution < 1.29 is 9.47 Å². The highest BCUT2D eigenvalue weighted by Gasteiger charge is 2.26. The molecule has 3 aromatic heterocycles. The maximum atomic E-state index is 6.07. The third-order valence-corrected chi connectivity index (χ3v) is 5.69. The van der Waals surface area contributed by atoms with Gasteiger partial charge in [-0.25, -0.2) is 4.98 Å². The molecule has 0 unspecified atom stereocenters. The van der Waals surface area contributed by atoms with Crippen molar-refractivity contribution in [3.05, 3.63) is 65.7 Å². The SMILES string of the molecule is c1ccc2c(c1)OC[C@H](c1nn3c(Cn4cnc5ccccc54)nnc3s1)O2. The maximum absolute atomic E-state index is 6.07. The summed E-state index contributed by atoms with van der Waals surface area (Å²) >= 11 is 1.46. The van der Waals surface area contributed by atoms with Gasteiger partial charge in [0.15, 0.2) is 28.4 Å². The van der Waals surface area contributed by atoms with Crippen molar-refractivity contribution in [2.75, 3.05) is 6.61 Å². The number of benzene rings is 2. The molecule has 28 heavy (non-hydrogen) atoms. The van der Waals surface area contributed by atoms with Crippen LogP contribution in [0, 0.1) is 0 Å². The lowest BCUT2D eigenvalue weighted by Crippen LogP contribution is -2.21. The van der Waals surface area contributed by atoms with E-state index in [0.29, 0.717) is 13.2 Å². The highest BCUT2D eigenvalue weighted by Crippen LogP contribution is 2.36. The molecule has 1 aliphatic heterocycles. The number of imidazole rings is 1. The minimum atomic E-state index is -0.261. The Morgan fingerprint density at radius 3 is 2.86 bits per heavy atom. The molecule has 0 spiro atoms. The van der Waals surface area contributed by atoms with E-state index < -0.39 is 0 Å². The fourth-order valence-corrected chi connectivity index (χ4v) is 4.20. The van der Waals surface area contributed by atoms with E-state index in [0.717, 1.165) is 38.3 Å². The molecule has 0 aliphatic carbocycles. The van der Waals surface area contributed by atoms with Gasteiger partial charge in [0.2, 0.25) is 4.96 Å². The van der Waals surface area contributed by atoms with E-state index in [4.69, 9.17) is 14.6 Å². The number of fused-ring (bicyclic) bond motifs is 3. The molecule has 0 amide bonds. The summed E-state index contributed by atoms with van der Waals surface area (Å²) in [6.07, 6.45) is 1.55. The van der Waals surface area contributed by atoms with Gasteiger partial charge >= 0.3 is 0 Å². The molecule has 1 atom stereocenters. The molecule has 0 bridgehead atoms. The van der Waals surface area contributed by atoms with E-state index in [2.05, 4.69) is 15.2 Å². The lowest BCUT2D eigenvalue weighted by atomic mass is 10.3. The molecule has 138 valence electrons. The molecule has 0 N–H and O–H groups in total. The molecule has 9 heteroatoms. The molecule has 8 nitrogen and oxygen atoms in total. The smallest absolute Gasteiger partial charge is 0.234 e. The molecule has 0 saturated carbocycles. The first-order valence-corrected chi connectivity index (χ1v) is 9.66. The van der Waals surface area contributed by atoms with Crippen LogP contribution in [0.2, 0.25) is 0 Å². The summed E-state index contributed by atoms with van der Waals surface area (Å²) in [5.41, 5.74) is 2.00. The molecule has 5 aromatic rings. The summed E-state index contributed by atoms with van der Waals surface area (Å²) in [6.45, 7) is 0.957. The zero-order chi connectivity index (χ0) is 18.5. The second-order valence-corrected chi connectivity index (χ2v) is 7.46. The largest absolute Gasteiger partial charge is 0.485 e. The summed E-state index contributed by atoms with van der Waals surface area (Å²) in [7, 11) is 0. The van der Waals surface area contributed by atoms with Crippen LogP contribution >= 0.6 is 11.3 Å². The number of aromatic nitrogens is 6. The number of nitrogens with zero attached hydrogens (tertiary/aromatic N) is 6. The van der Waals surface area contributed by atoms with Gasteiger partial charge in [0.25, 0.3) is 0 Å². The minimum Gasteiger partial charge on any atom is -0.485 e. The van der Waals surface area contributed by atoms with Gasteiger partial charge in [-0.3, -0.25) is 0 Å². The maximum Gasteiger partial charge on any atom is 0.234 e. The standard InChI is InChI=1S/C19H14N6O2S/c1-2-6-13-12(5-1)20-11-24(13)9-17-21-22-19-25(17)23-18(28-19)16-10-26-14-7-3-4-8-15(14)27-16/h1-8,11,16H,9-10H2/t16-/m1/s1. The van der Waals surface area contributed by atoms with E-state index in [1.807, 2.05) is 59.4 Å². The van der Waals surface area contributed by atoms with E-state index >= 15 is 0 Å². The van der Waals surface area contributed by atoms with Gasteiger partial charge in [0, 0.05) is 0 Å². The zero-order valence-electron chi connectivity index (χ0n) is 14.6. The first-order chi connectivity index (χ1) is 13.8. The van der Waals surface area contributed by atoms with Crippen LogP contribution in [0.15, 0.2) is 54.9 Å². The summed E-state index contributed by atoms with van der Waals surface area (Å²) in [5.74, 6) is 2.24. The predicted molar refractivity (Wildman–Crippen MR) is 103 cm³/mol. The van der Waals surface area contributed by atoms with Gasteiger partial charge < -0.3 is 14.0 Å². The third-order valence-electron chi connectivity index (χ3n) is 4.69. The van der Waals surface area contributed by atoms with Crippen molar-refractivity contribution in [2.45, 2.75) is 12.6 Å². The third kappa shape index (κ3) is 2.43. The Morgan fingerprint density at radius 1 is 1.04 bits per heavy atom. The van der Waals surface area contributed by atoms with E-state index in [-0.39, 0.29) is 6.10 Å². The Morgan fingerprint density at radius 2 is 1.89 bits per heavy atom. The molecule has 0 fully saturated rings. The summed E-state index contributed by atoms with van der Waals surface area (Å²) < 4.78 is 15.7. The van der Waals surface area contributed by atoms with E-state index in [9.17, 15) is 0 Å². The molecule has 0 saturated heterocycles. The topological polar surface area (TPSA) is 79.4 Å². The Kier molecular flexibility index (Phi) is 3.36. The van der Waals surface area contributed by atoms with Crippen LogP contribution in [0.5, 0.6) is 11.5 Å². The Labute approximate surface area is 163 Å². The lowest BCUT2D eigenvalue weighted by molar-refractivity contribution is 0.0904. The molecule has 0 radical (unpaired) electrons. The number of rotatable bonds is 3. The minimum absolute atomic E-state index is 0.261. The fraction of sp³-hybridized carbons (Fsp3) is 0.158. The predicted octanol–water partition coefficient (Wildman–Crippen LogP) is 3.10. The van der Waals surface area contributed by atoms with Gasteiger partial charge in [-0.2, -0.15) is 9.61 Å². The Balaban J connectivity index is 1.32. The fourth-order valence-electron chi connectivity index (χ4n) is 3.33.